The first-order valence-electron chi connectivity index (χ1n) is 11.5. The molecule has 1 fully saturated rings. The third-order valence-electron chi connectivity index (χ3n) is 5.97. The van der Waals surface area contributed by atoms with Crippen molar-refractivity contribution in [1.29, 1.82) is 0 Å². The third kappa shape index (κ3) is 7.39. The normalized spacial score (nSPS) is 16.3. The topological polar surface area (TPSA) is 79.0 Å². The second kappa shape index (κ2) is 11.4. The van der Waals surface area contributed by atoms with Gasteiger partial charge < -0.3 is 15.0 Å². The maximum atomic E-state index is 12.3. The van der Waals surface area contributed by atoms with Crippen LogP contribution in [0.25, 0.3) is 0 Å². The lowest BCUT2D eigenvalue weighted by Crippen LogP contribution is -2.34. The maximum absolute atomic E-state index is 12.3. The molecule has 1 amide bonds. The summed E-state index contributed by atoms with van der Waals surface area (Å²) in [6, 6.07) is 15.2. The molecule has 1 atom stereocenters. The van der Waals surface area contributed by atoms with E-state index >= 15 is 0 Å². The van der Waals surface area contributed by atoms with Crippen LogP contribution in [0.15, 0.2) is 48.5 Å². The van der Waals surface area contributed by atoms with Crippen LogP contribution in [-0.4, -0.2) is 47.3 Å². The van der Waals surface area contributed by atoms with Gasteiger partial charge in [-0.25, -0.2) is 8.42 Å². The molecule has 1 aliphatic heterocycles. The van der Waals surface area contributed by atoms with Crippen LogP contribution in [0.1, 0.15) is 38.2 Å². The SMILES string of the molecule is COc1ccc(N(CCCC(=O)NCc2ccc(N3CCC[C@@H](C)C3)cc2)S(C)(=O)=O)cc1. The zero-order valence-electron chi connectivity index (χ0n) is 19.8. The number of nitrogens with zero attached hydrogens (tertiary/aromatic N) is 2. The zero-order chi connectivity index (χ0) is 23.8. The summed E-state index contributed by atoms with van der Waals surface area (Å²) in [6.45, 7) is 5.19. The fourth-order valence-electron chi connectivity index (χ4n) is 4.16. The Morgan fingerprint density at radius 3 is 2.45 bits per heavy atom. The molecule has 3 rings (SSSR count). The molecule has 0 aliphatic carbocycles. The lowest BCUT2D eigenvalue weighted by Gasteiger charge is -2.32. The van der Waals surface area contributed by atoms with Crippen LogP contribution >= 0.6 is 0 Å². The van der Waals surface area contributed by atoms with E-state index in [2.05, 4.69) is 41.4 Å². The van der Waals surface area contributed by atoms with Crippen molar-refractivity contribution < 1.29 is 17.9 Å². The highest BCUT2D eigenvalue weighted by Crippen LogP contribution is 2.24. The summed E-state index contributed by atoms with van der Waals surface area (Å²) >= 11 is 0. The predicted molar refractivity (Wildman–Crippen MR) is 133 cm³/mol. The summed E-state index contributed by atoms with van der Waals surface area (Å²) in [5.41, 5.74) is 2.84. The number of hydrogen-bond acceptors (Lipinski definition) is 5. The molecular formula is C25H35N3O4S. The Morgan fingerprint density at radius 2 is 1.85 bits per heavy atom. The average molecular weight is 474 g/mol. The zero-order valence-corrected chi connectivity index (χ0v) is 20.6. The monoisotopic (exact) mass is 473 g/mol. The van der Waals surface area contributed by atoms with E-state index in [9.17, 15) is 13.2 Å². The summed E-state index contributed by atoms with van der Waals surface area (Å²) in [5.74, 6) is 1.29. The lowest BCUT2D eigenvalue weighted by molar-refractivity contribution is -0.121. The molecule has 33 heavy (non-hydrogen) atoms. The number of carbonyl (C=O) groups excluding carboxylic acids is 1. The van der Waals surface area contributed by atoms with E-state index < -0.39 is 10.0 Å². The number of piperidine rings is 1. The molecule has 1 heterocycles. The molecule has 1 N–H and O–H groups in total. The quantitative estimate of drug-likeness (QED) is 0.568. The number of amides is 1. The summed E-state index contributed by atoms with van der Waals surface area (Å²) in [7, 11) is -1.89. The van der Waals surface area contributed by atoms with Crippen molar-refractivity contribution >= 4 is 27.3 Å². The fraction of sp³-hybridized carbons (Fsp3) is 0.480. The van der Waals surface area contributed by atoms with Gasteiger partial charge in [-0.2, -0.15) is 0 Å². The van der Waals surface area contributed by atoms with Gasteiger partial charge in [0.05, 0.1) is 19.1 Å². The molecule has 2 aromatic rings. The Kier molecular flexibility index (Phi) is 8.61. The number of ether oxygens (including phenoxy) is 1. The van der Waals surface area contributed by atoms with Gasteiger partial charge in [0.15, 0.2) is 0 Å². The highest BCUT2D eigenvalue weighted by Gasteiger charge is 2.18. The van der Waals surface area contributed by atoms with Crippen LogP contribution in [0.2, 0.25) is 0 Å². The molecular weight excluding hydrogens is 438 g/mol. The maximum Gasteiger partial charge on any atom is 0.232 e. The van der Waals surface area contributed by atoms with Crippen molar-refractivity contribution in [3.05, 3.63) is 54.1 Å². The number of nitrogens with one attached hydrogen (secondary N) is 1. The van der Waals surface area contributed by atoms with Crippen LogP contribution < -0.4 is 19.3 Å². The van der Waals surface area contributed by atoms with Crippen molar-refractivity contribution in [3.63, 3.8) is 0 Å². The first kappa shape index (κ1) is 24.9. The van der Waals surface area contributed by atoms with Gasteiger partial charge in [0.2, 0.25) is 15.9 Å². The third-order valence-corrected chi connectivity index (χ3v) is 7.17. The molecule has 0 aromatic heterocycles. The van der Waals surface area contributed by atoms with Gasteiger partial charge in [0, 0.05) is 38.3 Å². The first-order valence-corrected chi connectivity index (χ1v) is 13.3. The minimum atomic E-state index is -3.45. The second-order valence-corrected chi connectivity index (χ2v) is 10.7. The largest absolute Gasteiger partial charge is 0.497 e. The number of rotatable bonds is 10. The van der Waals surface area contributed by atoms with E-state index in [1.165, 1.54) is 29.1 Å². The second-order valence-electron chi connectivity index (χ2n) is 8.77. The number of carbonyl (C=O) groups is 1. The van der Waals surface area contributed by atoms with E-state index in [1.807, 2.05) is 0 Å². The standard InChI is InChI=1S/C25H35N3O4S/c1-20-6-4-16-27(19-20)22-10-8-21(9-11-22)18-26-25(29)7-5-17-28(33(3,30)31)23-12-14-24(32-2)15-13-23/h8-15,20H,4-7,16-19H2,1-3H3,(H,26,29)/t20-/m1/s1. The lowest BCUT2D eigenvalue weighted by atomic mass is 9.99. The van der Waals surface area contributed by atoms with Gasteiger partial charge in [-0.3, -0.25) is 9.10 Å². The number of hydrogen-bond donors (Lipinski definition) is 1. The fourth-order valence-corrected chi connectivity index (χ4v) is 5.12. The van der Waals surface area contributed by atoms with Gasteiger partial charge >= 0.3 is 0 Å². The summed E-state index contributed by atoms with van der Waals surface area (Å²) in [5, 5.41) is 2.94. The van der Waals surface area contributed by atoms with Crippen LogP contribution in [-0.2, 0) is 21.4 Å². The molecule has 0 bridgehead atoms. The first-order chi connectivity index (χ1) is 15.8. The molecule has 8 heteroatoms. The van der Waals surface area contributed by atoms with Crippen LogP contribution in [0, 0.1) is 5.92 Å². The Balaban J connectivity index is 1.46. The van der Waals surface area contributed by atoms with Crippen LogP contribution in [0.4, 0.5) is 11.4 Å². The van der Waals surface area contributed by atoms with E-state index in [1.54, 1.807) is 31.4 Å². The van der Waals surface area contributed by atoms with Crippen molar-refractivity contribution in [1.82, 2.24) is 5.32 Å². The van der Waals surface area contributed by atoms with Gasteiger partial charge in [-0.15, -0.1) is 0 Å². The molecule has 0 saturated carbocycles. The Hall–Kier alpha value is -2.74. The molecule has 2 aromatic carbocycles. The molecule has 0 unspecified atom stereocenters. The molecule has 1 saturated heterocycles. The van der Waals surface area contributed by atoms with E-state index in [4.69, 9.17) is 4.74 Å². The van der Waals surface area contributed by atoms with Crippen molar-refractivity contribution in [2.24, 2.45) is 5.92 Å². The minimum absolute atomic E-state index is 0.0906. The van der Waals surface area contributed by atoms with Gasteiger partial charge in [0.1, 0.15) is 5.75 Å². The summed E-state index contributed by atoms with van der Waals surface area (Å²) in [4.78, 5) is 14.7. The van der Waals surface area contributed by atoms with Gasteiger partial charge in [-0.1, -0.05) is 19.1 Å². The summed E-state index contributed by atoms with van der Waals surface area (Å²) < 4.78 is 30.9. The average Bonchev–Trinajstić information content (AvgIpc) is 2.80. The Labute approximate surface area is 197 Å². The van der Waals surface area contributed by atoms with Crippen molar-refractivity contribution in [2.45, 2.75) is 39.2 Å². The molecule has 7 nitrogen and oxygen atoms in total. The minimum Gasteiger partial charge on any atom is -0.497 e. The van der Waals surface area contributed by atoms with E-state index in [0.29, 0.717) is 24.4 Å². The van der Waals surface area contributed by atoms with Gasteiger partial charge in [0.25, 0.3) is 0 Å². The molecule has 180 valence electrons. The predicted octanol–water partition coefficient (Wildman–Crippen LogP) is 3.79. The van der Waals surface area contributed by atoms with Crippen LogP contribution in [0.3, 0.4) is 0 Å². The highest BCUT2D eigenvalue weighted by atomic mass is 32.2. The number of methoxy groups -OCH3 is 1. The number of sulfonamides is 1. The van der Waals surface area contributed by atoms with Crippen molar-refractivity contribution in [2.75, 3.05) is 42.2 Å². The molecule has 0 radical (unpaired) electrons. The number of benzene rings is 2. The van der Waals surface area contributed by atoms with Crippen molar-refractivity contribution in [3.8, 4) is 5.75 Å². The van der Waals surface area contributed by atoms with E-state index in [-0.39, 0.29) is 18.9 Å². The van der Waals surface area contributed by atoms with E-state index in [0.717, 1.165) is 24.6 Å². The Morgan fingerprint density at radius 1 is 1.15 bits per heavy atom. The molecule has 1 aliphatic rings. The number of anilines is 2. The van der Waals surface area contributed by atoms with Crippen LogP contribution in [0.5, 0.6) is 5.75 Å². The smallest absolute Gasteiger partial charge is 0.232 e. The molecule has 0 spiro atoms. The highest BCUT2D eigenvalue weighted by molar-refractivity contribution is 7.92. The Bertz CT molecular complexity index is 1010. The summed E-state index contributed by atoms with van der Waals surface area (Å²) in [6.07, 6.45) is 4.38. The van der Waals surface area contributed by atoms with Gasteiger partial charge in [-0.05, 0) is 67.1 Å².